The van der Waals surface area contributed by atoms with Crippen LogP contribution < -0.4 is 19.1 Å². The molecular formula is C21H23N3O4. The number of methoxy groups -OCH3 is 3. The molecule has 0 aliphatic carbocycles. The molecule has 28 heavy (non-hydrogen) atoms. The Morgan fingerprint density at radius 3 is 2.46 bits per heavy atom. The molecule has 2 heterocycles. The van der Waals surface area contributed by atoms with E-state index in [1.807, 2.05) is 36.4 Å². The highest BCUT2D eigenvalue weighted by Crippen LogP contribution is 2.36. The number of fused-ring (bicyclic) bond motifs is 1. The molecule has 1 saturated heterocycles. The second-order valence-electron chi connectivity index (χ2n) is 6.53. The third-order valence-corrected chi connectivity index (χ3v) is 5.02. The number of hydrogen-bond donors (Lipinski definition) is 0. The zero-order valence-electron chi connectivity index (χ0n) is 16.2. The summed E-state index contributed by atoms with van der Waals surface area (Å²) in [7, 11) is 4.91. The van der Waals surface area contributed by atoms with Crippen LogP contribution in [-0.2, 0) is 4.74 Å². The summed E-state index contributed by atoms with van der Waals surface area (Å²) in [4.78, 5) is 2.28. The molecule has 1 unspecified atom stereocenters. The van der Waals surface area contributed by atoms with Crippen LogP contribution in [0, 0.1) is 0 Å². The molecule has 0 N–H and O–H groups in total. The number of rotatable bonds is 5. The van der Waals surface area contributed by atoms with Gasteiger partial charge >= 0.3 is 0 Å². The average Bonchev–Trinajstić information content (AvgIpc) is 2.77. The van der Waals surface area contributed by atoms with Crippen LogP contribution in [0.4, 0.5) is 5.69 Å². The van der Waals surface area contributed by atoms with Crippen molar-refractivity contribution in [3.8, 4) is 17.2 Å². The van der Waals surface area contributed by atoms with Gasteiger partial charge in [0.2, 0.25) is 0 Å². The molecule has 1 aliphatic rings. The fourth-order valence-electron chi connectivity index (χ4n) is 3.51. The van der Waals surface area contributed by atoms with Gasteiger partial charge in [0.1, 0.15) is 11.9 Å². The summed E-state index contributed by atoms with van der Waals surface area (Å²) in [6, 6.07) is 11.8. The molecule has 2 aromatic carbocycles. The van der Waals surface area contributed by atoms with Crippen molar-refractivity contribution in [1.29, 1.82) is 0 Å². The Hall–Kier alpha value is -3.06. The van der Waals surface area contributed by atoms with Gasteiger partial charge in [0, 0.05) is 24.5 Å². The Kier molecular flexibility index (Phi) is 5.16. The minimum atomic E-state index is -0.0250. The predicted molar refractivity (Wildman–Crippen MR) is 107 cm³/mol. The molecule has 7 heteroatoms. The van der Waals surface area contributed by atoms with E-state index in [-0.39, 0.29) is 6.10 Å². The maximum absolute atomic E-state index is 6.02. The van der Waals surface area contributed by atoms with E-state index in [1.54, 1.807) is 27.5 Å². The molecule has 0 saturated carbocycles. The lowest BCUT2D eigenvalue weighted by Gasteiger charge is -2.35. The first-order valence-corrected chi connectivity index (χ1v) is 9.11. The van der Waals surface area contributed by atoms with Crippen molar-refractivity contribution in [3.05, 3.63) is 48.2 Å². The average molecular weight is 381 g/mol. The molecule has 1 aromatic heterocycles. The van der Waals surface area contributed by atoms with Crippen LogP contribution in [0.5, 0.6) is 17.2 Å². The molecule has 0 spiro atoms. The van der Waals surface area contributed by atoms with E-state index in [4.69, 9.17) is 18.9 Å². The number of anilines is 1. The van der Waals surface area contributed by atoms with Crippen molar-refractivity contribution in [2.45, 2.75) is 6.10 Å². The van der Waals surface area contributed by atoms with Crippen LogP contribution in [0.2, 0.25) is 0 Å². The first-order chi connectivity index (χ1) is 13.7. The SMILES string of the molecule is COc1ccc(C2CN(c3cnnc4cc(OC)c(OC)cc34)CCO2)cc1. The minimum Gasteiger partial charge on any atom is -0.497 e. The van der Waals surface area contributed by atoms with Crippen LogP contribution in [0.3, 0.4) is 0 Å². The second-order valence-corrected chi connectivity index (χ2v) is 6.53. The third-order valence-electron chi connectivity index (χ3n) is 5.02. The summed E-state index contributed by atoms with van der Waals surface area (Å²) in [5.74, 6) is 2.14. The van der Waals surface area contributed by atoms with E-state index >= 15 is 0 Å². The van der Waals surface area contributed by atoms with Crippen molar-refractivity contribution in [1.82, 2.24) is 10.2 Å². The number of nitrogens with zero attached hydrogens (tertiary/aromatic N) is 3. The highest BCUT2D eigenvalue weighted by molar-refractivity contribution is 5.93. The quantitative estimate of drug-likeness (QED) is 0.672. The standard InChI is InChI=1S/C21H23N3O4/c1-25-15-6-4-14(5-7-15)21-13-24(8-9-28-21)18-12-22-23-17-11-20(27-3)19(26-2)10-16(17)18/h4-7,10-12,21H,8-9,13H2,1-3H3. The molecule has 0 bridgehead atoms. The predicted octanol–water partition coefficient (Wildman–Crippen LogP) is 3.23. The number of ether oxygens (including phenoxy) is 4. The first-order valence-electron chi connectivity index (χ1n) is 9.11. The summed E-state index contributed by atoms with van der Waals surface area (Å²) in [5.41, 5.74) is 2.89. The maximum Gasteiger partial charge on any atom is 0.162 e. The number of benzene rings is 2. The lowest BCUT2D eigenvalue weighted by atomic mass is 10.1. The van der Waals surface area contributed by atoms with Crippen molar-refractivity contribution >= 4 is 16.6 Å². The summed E-state index contributed by atoms with van der Waals surface area (Å²) >= 11 is 0. The van der Waals surface area contributed by atoms with Crippen molar-refractivity contribution in [3.63, 3.8) is 0 Å². The Bertz CT molecular complexity index is 962. The highest BCUT2D eigenvalue weighted by atomic mass is 16.5. The van der Waals surface area contributed by atoms with Gasteiger partial charge in [-0.05, 0) is 23.8 Å². The Morgan fingerprint density at radius 2 is 1.75 bits per heavy atom. The number of aromatic nitrogens is 2. The van der Waals surface area contributed by atoms with Crippen LogP contribution in [0.15, 0.2) is 42.6 Å². The minimum absolute atomic E-state index is 0.0250. The van der Waals surface area contributed by atoms with E-state index in [1.165, 1.54) is 0 Å². The van der Waals surface area contributed by atoms with Gasteiger partial charge in [-0.2, -0.15) is 10.2 Å². The zero-order chi connectivity index (χ0) is 19.5. The van der Waals surface area contributed by atoms with Gasteiger partial charge < -0.3 is 23.8 Å². The number of morpholine rings is 1. The van der Waals surface area contributed by atoms with E-state index in [2.05, 4.69) is 15.1 Å². The van der Waals surface area contributed by atoms with Crippen LogP contribution in [-0.4, -0.2) is 51.2 Å². The summed E-state index contributed by atoms with van der Waals surface area (Å²) in [6.07, 6.45) is 1.77. The molecule has 0 radical (unpaired) electrons. The monoisotopic (exact) mass is 381 g/mol. The lowest BCUT2D eigenvalue weighted by Crippen LogP contribution is -2.38. The highest BCUT2D eigenvalue weighted by Gasteiger charge is 2.24. The van der Waals surface area contributed by atoms with Gasteiger partial charge in [-0.3, -0.25) is 0 Å². The Balaban J connectivity index is 1.66. The van der Waals surface area contributed by atoms with Gasteiger partial charge in [-0.25, -0.2) is 0 Å². The molecular weight excluding hydrogens is 358 g/mol. The Morgan fingerprint density at radius 1 is 1.00 bits per heavy atom. The van der Waals surface area contributed by atoms with E-state index < -0.39 is 0 Å². The molecule has 0 amide bonds. The fourth-order valence-corrected chi connectivity index (χ4v) is 3.51. The largest absolute Gasteiger partial charge is 0.497 e. The molecule has 3 aromatic rings. The van der Waals surface area contributed by atoms with Gasteiger partial charge in [0.05, 0.1) is 45.3 Å². The molecule has 7 nitrogen and oxygen atoms in total. The number of hydrogen-bond acceptors (Lipinski definition) is 7. The van der Waals surface area contributed by atoms with Crippen LogP contribution >= 0.6 is 0 Å². The summed E-state index contributed by atoms with van der Waals surface area (Å²) in [6.45, 7) is 2.14. The molecule has 1 aliphatic heterocycles. The third kappa shape index (κ3) is 3.41. The fraction of sp³-hybridized carbons (Fsp3) is 0.333. The molecule has 4 rings (SSSR count). The first kappa shape index (κ1) is 18.3. The van der Waals surface area contributed by atoms with E-state index in [0.717, 1.165) is 41.0 Å². The van der Waals surface area contributed by atoms with Gasteiger partial charge in [0.25, 0.3) is 0 Å². The van der Waals surface area contributed by atoms with Gasteiger partial charge in [0.15, 0.2) is 11.5 Å². The Labute approximate surface area is 163 Å². The van der Waals surface area contributed by atoms with Crippen LogP contribution in [0.1, 0.15) is 11.7 Å². The van der Waals surface area contributed by atoms with E-state index in [0.29, 0.717) is 18.1 Å². The van der Waals surface area contributed by atoms with Crippen molar-refractivity contribution in [2.75, 3.05) is 45.9 Å². The molecule has 1 fully saturated rings. The lowest BCUT2D eigenvalue weighted by molar-refractivity contribution is 0.0398. The molecule has 146 valence electrons. The maximum atomic E-state index is 6.02. The summed E-state index contributed by atoms with van der Waals surface area (Å²) in [5, 5.41) is 9.43. The summed E-state index contributed by atoms with van der Waals surface area (Å²) < 4.78 is 22.1. The topological polar surface area (TPSA) is 65.9 Å². The molecule has 1 atom stereocenters. The van der Waals surface area contributed by atoms with Crippen molar-refractivity contribution in [2.24, 2.45) is 0 Å². The van der Waals surface area contributed by atoms with Crippen LogP contribution in [0.25, 0.3) is 10.9 Å². The van der Waals surface area contributed by atoms with Gasteiger partial charge in [-0.15, -0.1) is 0 Å². The normalized spacial score (nSPS) is 16.8. The zero-order valence-corrected chi connectivity index (χ0v) is 16.2. The van der Waals surface area contributed by atoms with Gasteiger partial charge in [-0.1, -0.05) is 12.1 Å². The van der Waals surface area contributed by atoms with E-state index in [9.17, 15) is 0 Å². The van der Waals surface area contributed by atoms with Crippen molar-refractivity contribution < 1.29 is 18.9 Å². The smallest absolute Gasteiger partial charge is 0.162 e. The second kappa shape index (κ2) is 7.90.